The molecule has 116 valence electrons. The summed E-state index contributed by atoms with van der Waals surface area (Å²) < 4.78 is 0. The Labute approximate surface area is 136 Å². The molecule has 1 saturated heterocycles. The van der Waals surface area contributed by atoms with Crippen LogP contribution in [-0.4, -0.2) is 19.0 Å². The molecule has 2 aromatic rings. The molecule has 1 fully saturated rings. The molecular formula is C18H23N2OS+. The number of hydrogen-bond donors (Lipinski definition) is 2. The van der Waals surface area contributed by atoms with Gasteiger partial charge in [-0.15, -0.1) is 11.3 Å². The summed E-state index contributed by atoms with van der Waals surface area (Å²) in [6.07, 6.45) is 2.39. The summed E-state index contributed by atoms with van der Waals surface area (Å²) in [5.74, 6) is 0.121. The lowest BCUT2D eigenvalue weighted by Crippen LogP contribution is -3.11. The number of likely N-dealkylation sites (tertiary alicyclic amines) is 1. The molecule has 1 aliphatic heterocycles. The van der Waals surface area contributed by atoms with Gasteiger partial charge in [-0.1, -0.05) is 24.3 Å². The number of carbonyl (C=O) groups excluding carboxylic acids is 1. The van der Waals surface area contributed by atoms with Gasteiger partial charge in [-0.2, -0.15) is 0 Å². The number of hydrogen-bond acceptors (Lipinski definition) is 2. The first kappa shape index (κ1) is 15.3. The van der Waals surface area contributed by atoms with Crippen LogP contribution in [0, 0.1) is 13.8 Å². The number of rotatable bonds is 4. The van der Waals surface area contributed by atoms with Gasteiger partial charge in [-0.3, -0.25) is 4.79 Å². The van der Waals surface area contributed by atoms with E-state index >= 15 is 0 Å². The summed E-state index contributed by atoms with van der Waals surface area (Å²) in [6, 6.07) is 10.9. The molecule has 3 nitrogen and oxygen atoms in total. The van der Waals surface area contributed by atoms with Crippen molar-refractivity contribution in [2.45, 2.75) is 32.7 Å². The maximum Gasteiger partial charge on any atom is 0.279 e. The number of para-hydroxylation sites is 1. The van der Waals surface area contributed by atoms with Crippen molar-refractivity contribution >= 4 is 22.9 Å². The second kappa shape index (κ2) is 6.63. The highest BCUT2D eigenvalue weighted by Crippen LogP contribution is 2.23. The third-order valence-electron chi connectivity index (χ3n) is 4.50. The molecule has 0 saturated carbocycles. The fourth-order valence-electron chi connectivity index (χ4n) is 3.36. The van der Waals surface area contributed by atoms with Gasteiger partial charge in [0.15, 0.2) is 6.54 Å². The van der Waals surface area contributed by atoms with E-state index in [-0.39, 0.29) is 5.91 Å². The molecule has 0 spiro atoms. The summed E-state index contributed by atoms with van der Waals surface area (Å²) in [7, 11) is 0. The lowest BCUT2D eigenvalue weighted by molar-refractivity contribution is -0.910. The van der Waals surface area contributed by atoms with Crippen LogP contribution < -0.4 is 10.2 Å². The SMILES string of the molecule is Cc1cccc(C)c1NC(=O)C[NH+]1CCC[C@H]1c1cccs1. The molecule has 0 radical (unpaired) electrons. The number of thiophene rings is 1. The highest BCUT2D eigenvalue weighted by atomic mass is 32.1. The summed E-state index contributed by atoms with van der Waals surface area (Å²) in [5, 5.41) is 5.24. The molecule has 0 bridgehead atoms. The standard InChI is InChI=1S/C18H22N2OS/c1-13-6-3-7-14(2)18(13)19-17(21)12-20-10-4-8-15(20)16-9-5-11-22-16/h3,5-7,9,11,15H,4,8,10,12H2,1-2H3,(H,19,21)/p+1/t15-/m0/s1. The molecule has 1 amide bonds. The van der Waals surface area contributed by atoms with Crippen LogP contribution in [0.5, 0.6) is 0 Å². The molecule has 2 atom stereocenters. The van der Waals surface area contributed by atoms with Gasteiger partial charge in [0.25, 0.3) is 5.91 Å². The Balaban J connectivity index is 1.67. The van der Waals surface area contributed by atoms with E-state index in [1.807, 2.05) is 43.4 Å². The highest BCUT2D eigenvalue weighted by Gasteiger charge is 2.32. The van der Waals surface area contributed by atoms with Crippen molar-refractivity contribution in [1.29, 1.82) is 0 Å². The number of anilines is 1. The molecule has 4 heteroatoms. The van der Waals surface area contributed by atoms with Crippen LogP contribution in [0.15, 0.2) is 35.7 Å². The van der Waals surface area contributed by atoms with Crippen molar-refractivity contribution < 1.29 is 9.69 Å². The van der Waals surface area contributed by atoms with Crippen molar-refractivity contribution in [2.24, 2.45) is 0 Å². The Morgan fingerprint density at radius 1 is 1.27 bits per heavy atom. The quantitative estimate of drug-likeness (QED) is 0.894. The average Bonchev–Trinajstić information content (AvgIpc) is 3.13. The van der Waals surface area contributed by atoms with E-state index in [0.29, 0.717) is 12.6 Å². The van der Waals surface area contributed by atoms with E-state index in [1.165, 1.54) is 22.6 Å². The zero-order valence-electron chi connectivity index (χ0n) is 13.2. The van der Waals surface area contributed by atoms with Crippen LogP contribution >= 0.6 is 11.3 Å². The summed E-state index contributed by atoms with van der Waals surface area (Å²) in [4.78, 5) is 15.3. The number of carbonyl (C=O) groups is 1. The molecular weight excluding hydrogens is 292 g/mol. The molecule has 1 unspecified atom stereocenters. The topological polar surface area (TPSA) is 33.5 Å². The van der Waals surface area contributed by atoms with E-state index in [4.69, 9.17) is 0 Å². The molecule has 1 aliphatic rings. The van der Waals surface area contributed by atoms with Crippen LogP contribution in [0.3, 0.4) is 0 Å². The molecule has 2 heterocycles. The highest BCUT2D eigenvalue weighted by molar-refractivity contribution is 7.10. The molecule has 3 rings (SSSR count). The van der Waals surface area contributed by atoms with Crippen LogP contribution in [0.25, 0.3) is 0 Å². The zero-order chi connectivity index (χ0) is 15.5. The van der Waals surface area contributed by atoms with Gasteiger partial charge in [-0.05, 0) is 36.4 Å². The van der Waals surface area contributed by atoms with Crippen molar-refractivity contribution in [3.05, 3.63) is 51.7 Å². The van der Waals surface area contributed by atoms with Crippen LogP contribution in [0.4, 0.5) is 5.69 Å². The monoisotopic (exact) mass is 315 g/mol. The second-order valence-corrected chi connectivity index (χ2v) is 7.09. The van der Waals surface area contributed by atoms with Crippen molar-refractivity contribution in [3.63, 3.8) is 0 Å². The number of aryl methyl sites for hydroxylation is 2. The van der Waals surface area contributed by atoms with Gasteiger partial charge in [0.1, 0.15) is 6.04 Å². The van der Waals surface area contributed by atoms with E-state index in [2.05, 4.69) is 22.8 Å². The van der Waals surface area contributed by atoms with Crippen LogP contribution in [-0.2, 0) is 4.79 Å². The maximum atomic E-state index is 12.5. The summed E-state index contributed by atoms with van der Waals surface area (Å²) >= 11 is 1.81. The first-order valence-corrected chi connectivity index (χ1v) is 8.77. The molecule has 2 N–H and O–H groups in total. The zero-order valence-corrected chi connectivity index (χ0v) is 14.0. The van der Waals surface area contributed by atoms with Crippen LogP contribution in [0.2, 0.25) is 0 Å². The lowest BCUT2D eigenvalue weighted by atomic mass is 10.1. The van der Waals surface area contributed by atoms with Gasteiger partial charge >= 0.3 is 0 Å². The molecule has 22 heavy (non-hydrogen) atoms. The minimum absolute atomic E-state index is 0.121. The third-order valence-corrected chi connectivity index (χ3v) is 5.49. The van der Waals surface area contributed by atoms with Crippen molar-refractivity contribution in [1.82, 2.24) is 0 Å². The van der Waals surface area contributed by atoms with Crippen LogP contribution in [0.1, 0.15) is 34.9 Å². The minimum Gasteiger partial charge on any atom is -0.321 e. The maximum absolute atomic E-state index is 12.5. The Bertz CT molecular complexity index is 631. The Hall–Kier alpha value is -1.65. The summed E-state index contributed by atoms with van der Waals surface area (Å²) in [6.45, 7) is 5.72. The predicted octanol–water partition coefficient (Wildman–Crippen LogP) is 2.72. The van der Waals surface area contributed by atoms with E-state index < -0.39 is 0 Å². The van der Waals surface area contributed by atoms with Gasteiger partial charge < -0.3 is 10.2 Å². The largest absolute Gasteiger partial charge is 0.321 e. The van der Waals surface area contributed by atoms with Crippen molar-refractivity contribution in [2.75, 3.05) is 18.4 Å². The molecule has 1 aromatic heterocycles. The smallest absolute Gasteiger partial charge is 0.279 e. The number of benzene rings is 1. The Morgan fingerprint density at radius 3 is 2.73 bits per heavy atom. The first-order valence-electron chi connectivity index (χ1n) is 7.89. The van der Waals surface area contributed by atoms with E-state index in [9.17, 15) is 4.79 Å². The second-order valence-electron chi connectivity index (χ2n) is 6.11. The van der Waals surface area contributed by atoms with Gasteiger partial charge in [0, 0.05) is 18.5 Å². The van der Waals surface area contributed by atoms with Gasteiger partial charge in [0.2, 0.25) is 0 Å². The lowest BCUT2D eigenvalue weighted by Gasteiger charge is -2.20. The summed E-state index contributed by atoms with van der Waals surface area (Å²) in [5.41, 5.74) is 3.22. The molecule has 1 aromatic carbocycles. The van der Waals surface area contributed by atoms with E-state index in [0.717, 1.165) is 23.4 Å². The van der Waals surface area contributed by atoms with E-state index in [1.54, 1.807) is 0 Å². The predicted molar refractivity (Wildman–Crippen MR) is 91.5 cm³/mol. The number of nitrogens with one attached hydrogen (secondary N) is 2. The Kier molecular flexibility index (Phi) is 4.60. The average molecular weight is 315 g/mol. The number of amides is 1. The Morgan fingerprint density at radius 2 is 2.05 bits per heavy atom. The minimum atomic E-state index is 0.121. The van der Waals surface area contributed by atoms with Gasteiger partial charge in [0.05, 0.1) is 11.4 Å². The fourth-order valence-corrected chi connectivity index (χ4v) is 4.28. The third kappa shape index (κ3) is 3.23. The van der Waals surface area contributed by atoms with Gasteiger partial charge in [-0.25, -0.2) is 0 Å². The fraction of sp³-hybridized carbons (Fsp3) is 0.389. The number of quaternary nitrogens is 1. The normalized spacial score (nSPS) is 21.0. The molecule has 0 aliphatic carbocycles. The van der Waals surface area contributed by atoms with Crippen molar-refractivity contribution in [3.8, 4) is 0 Å². The first-order chi connectivity index (χ1) is 10.6.